The van der Waals surface area contributed by atoms with Crippen LogP contribution in [0.4, 0.5) is 10.1 Å². The van der Waals surface area contributed by atoms with Crippen molar-refractivity contribution in [3.05, 3.63) is 54.1 Å². The van der Waals surface area contributed by atoms with Gasteiger partial charge in [0.25, 0.3) is 0 Å². The number of nitrogens with one attached hydrogen (secondary N) is 1. The third kappa shape index (κ3) is 3.50. The van der Waals surface area contributed by atoms with E-state index in [1.165, 1.54) is 9.80 Å². The van der Waals surface area contributed by atoms with Crippen LogP contribution in [0, 0.1) is 5.92 Å². The molecule has 2 N–H and O–H groups in total. The number of para-hydroxylation sites is 3. The Labute approximate surface area is 206 Å². The second-order valence-electron chi connectivity index (χ2n) is 9.83. The van der Waals surface area contributed by atoms with Crippen LogP contribution in [0.5, 0.6) is 11.5 Å². The van der Waals surface area contributed by atoms with Gasteiger partial charge in [-0.25, -0.2) is 4.39 Å². The van der Waals surface area contributed by atoms with Gasteiger partial charge in [0.2, 0.25) is 17.7 Å². The highest BCUT2D eigenvalue weighted by Crippen LogP contribution is 2.48. The first-order valence-electron chi connectivity index (χ1n) is 12.0. The Balaban J connectivity index is 1.27. The number of carbonyl (C=O) groups excluding carboxylic acids is 3. The largest absolute Gasteiger partial charge is 0.486 e. The molecule has 0 bridgehead atoms. The maximum Gasteiger partial charge on any atom is 0.237 e. The van der Waals surface area contributed by atoms with E-state index in [0.717, 1.165) is 0 Å². The number of amides is 3. The molecule has 0 radical (unpaired) electrons. The summed E-state index contributed by atoms with van der Waals surface area (Å²) in [6.45, 7) is -0.151. The topological polar surface area (TPSA) is 108 Å². The zero-order valence-corrected chi connectivity index (χ0v) is 19.4. The van der Waals surface area contributed by atoms with Gasteiger partial charge in [-0.05, 0) is 23.8 Å². The van der Waals surface area contributed by atoms with E-state index in [-0.39, 0.29) is 51.0 Å². The number of likely N-dealkylation sites (tertiary alicyclic amines) is 2. The van der Waals surface area contributed by atoms with Crippen molar-refractivity contribution in [3.63, 3.8) is 0 Å². The maximum absolute atomic E-state index is 14.1. The molecule has 3 unspecified atom stereocenters. The van der Waals surface area contributed by atoms with E-state index in [1.54, 1.807) is 36.4 Å². The second kappa shape index (κ2) is 8.48. The van der Waals surface area contributed by atoms with Gasteiger partial charge in [0.15, 0.2) is 11.5 Å². The number of β-amino-alcohol motifs (C(OH)–C–C–N with tert-alkyl or cyclic N) is 1. The van der Waals surface area contributed by atoms with Crippen molar-refractivity contribution in [3.8, 4) is 11.5 Å². The van der Waals surface area contributed by atoms with E-state index in [9.17, 15) is 23.9 Å². The molecular weight excluding hydrogens is 469 g/mol. The highest BCUT2D eigenvalue weighted by molar-refractivity contribution is 6.10. The van der Waals surface area contributed by atoms with Gasteiger partial charge in [-0.3, -0.25) is 14.4 Å². The molecule has 0 saturated carbocycles. The fourth-order valence-corrected chi connectivity index (χ4v) is 5.81. The first-order chi connectivity index (χ1) is 17.4. The van der Waals surface area contributed by atoms with Crippen molar-refractivity contribution in [2.45, 2.75) is 30.2 Å². The molecule has 9 nitrogen and oxygen atoms in total. The predicted molar refractivity (Wildman–Crippen MR) is 125 cm³/mol. The van der Waals surface area contributed by atoms with E-state index >= 15 is 0 Å². The summed E-state index contributed by atoms with van der Waals surface area (Å²) in [6, 6.07) is 14.3. The second-order valence-corrected chi connectivity index (χ2v) is 9.83. The van der Waals surface area contributed by atoms with Gasteiger partial charge < -0.3 is 29.7 Å². The zero-order valence-electron chi connectivity index (χ0n) is 19.4. The average Bonchev–Trinajstić information content (AvgIpc) is 3.53. The van der Waals surface area contributed by atoms with Gasteiger partial charge in [0.1, 0.15) is 30.4 Å². The molecule has 2 fully saturated rings. The molecule has 2 saturated heterocycles. The lowest BCUT2D eigenvalue weighted by molar-refractivity contribution is -0.139. The van der Waals surface area contributed by atoms with E-state index in [2.05, 4.69) is 5.32 Å². The Hall–Kier alpha value is -3.66. The molecule has 4 aliphatic rings. The van der Waals surface area contributed by atoms with Crippen LogP contribution in [0.1, 0.15) is 12.0 Å². The SMILES string of the molecule is O=C(CC1COc2ccccc2O1)N1CC(C(=O)N2C[C@@H](O)[C@@H](F)C2)C2(C1)C(=O)Nc1ccccc12. The Bertz CT molecular complexity index is 1230. The normalized spacial score (nSPS) is 30.4. The summed E-state index contributed by atoms with van der Waals surface area (Å²) < 4.78 is 25.7. The molecule has 5 atom stereocenters. The summed E-state index contributed by atoms with van der Waals surface area (Å²) in [7, 11) is 0. The zero-order chi connectivity index (χ0) is 25.0. The number of hydrogen-bond acceptors (Lipinski definition) is 6. The first-order valence-corrected chi connectivity index (χ1v) is 12.0. The number of hydrogen-bond donors (Lipinski definition) is 2. The Morgan fingerprint density at radius 1 is 1.06 bits per heavy atom. The summed E-state index contributed by atoms with van der Waals surface area (Å²) in [5, 5.41) is 12.7. The fourth-order valence-electron chi connectivity index (χ4n) is 5.81. The van der Waals surface area contributed by atoms with E-state index in [1.807, 2.05) is 12.1 Å². The van der Waals surface area contributed by atoms with E-state index in [4.69, 9.17) is 9.47 Å². The Kier molecular flexibility index (Phi) is 5.36. The highest BCUT2D eigenvalue weighted by atomic mass is 19.1. The first kappa shape index (κ1) is 22.8. The van der Waals surface area contributed by atoms with Crippen LogP contribution in [0.2, 0.25) is 0 Å². The van der Waals surface area contributed by atoms with Gasteiger partial charge in [0.05, 0.1) is 18.9 Å². The third-order valence-electron chi connectivity index (χ3n) is 7.65. The minimum atomic E-state index is -1.54. The number of alkyl halides is 1. The standard InChI is InChI=1S/C26H26FN3O6/c27-18-11-29(12-20(18)31)24(33)17-10-30(14-26(17)16-5-1-2-6-19(16)28-25(26)34)23(32)9-15-13-35-21-7-3-4-8-22(21)36-15/h1-8,15,17-18,20,31H,9-14H2,(H,28,34)/t15?,17?,18-,20+,26?/m0/s1. The smallest absolute Gasteiger partial charge is 0.237 e. The van der Waals surface area contributed by atoms with Crippen LogP contribution >= 0.6 is 0 Å². The molecule has 4 aliphatic heterocycles. The van der Waals surface area contributed by atoms with Crippen molar-refractivity contribution in [2.24, 2.45) is 5.92 Å². The molecule has 2 aromatic carbocycles. The third-order valence-corrected chi connectivity index (χ3v) is 7.65. The summed E-state index contributed by atoms with van der Waals surface area (Å²) >= 11 is 0. The van der Waals surface area contributed by atoms with Crippen molar-refractivity contribution >= 4 is 23.4 Å². The lowest BCUT2D eigenvalue weighted by Crippen LogP contribution is -2.49. The van der Waals surface area contributed by atoms with Crippen LogP contribution < -0.4 is 14.8 Å². The summed E-state index contributed by atoms with van der Waals surface area (Å²) in [5.74, 6) is -0.802. The molecule has 0 aliphatic carbocycles. The van der Waals surface area contributed by atoms with Crippen molar-refractivity contribution < 1.29 is 33.4 Å². The summed E-state index contributed by atoms with van der Waals surface area (Å²) in [6.07, 6.45) is -3.30. The maximum atomic E-state index is 14.1. The predicted octanol–water partition coefficient (Wildman–Crippen LogP) is 1.11. The quantitative estimate of drug-likeness (QED) is 0.661. The number of anilines is 1. The number of fused-ring (bicyclic) bond motifs is 3. The van der Waals surface area contributed by atoms with Gasteiger partial charge in [0, 0.05) is 25.3 Å². The summed E-state index contributed by atoms with van der Waals surface area (Å²) in [4.78, 5) is 43.3. The highest BCUT2D eigenvalue weighted by Gasteiger charge is 2.61. The minimum Gasteiger partial charge on any atom is -0.486 e. The molecule has 10 heteroatoms. The Morgan fingerprint density at radius 3 is 2.58 bits per heavy atom. The monoisotopic (exact) mass is 495 g/mol. The number of carbonyl (C=O) groups is 3. The lowest BCUT2D eigenvalue weighted by Gasteiger charge is -2.30. The van der Waals surface area contributed by atoms with Gasteiger partial charge in [-0.2, -0.15) is 0 Å². The number of ether oxygens (including phenoxy) is 2. The van der Waals surface area contributed by atoms with Crippen LogP contribution in [0.15, 0.2) is 48.5 Å². The molecule has 2 aromatic rings. The van der Waals surface area contributed by atoms with Gasteiger partial charge in [-0.15, -0.1) is 0 Å². The van der Waals surface area contributed by atoms with E-state index < -0.39 is 35.6 Å². The number of halogens is 1. The number of aliphatic hydroxyl groups is 1. The number of aliphatic hydroxyl groups excluding tert-OH is 1. The van der Waals surface area contributed by atoms with E-state index in [0.29, 0.717) is 22.7 Å². The van der Waals surface area contributed by atoms with Crippen molar-refractivity contribution in [1.29, 1.82) is 0 Å². The molecule has 36 heavy (non-hydrogen) atoms. The molecular formula is C26H26FN3O6. The lowest BCUT2D eigenvalue weighted by atomic mass is 9.72. The summed E-state index contributed by atoms with van der Waals surface area (Å²) in [5.41, 5.74) is -0.0504. The molecule has 4 heterocycles. The number of nitrogens with zero attached hydrogens (tertiary/aromatic N) is 2. The van der Waals surface area contributed by atoms with Gasteiger partial charge in [-0.1, -0.05) is 30.3 Å². The van der Waals surface area contributed by atoms with Gasteiger partial charge >= 0.3 is 0 Å². The minimum absolute atomic E-state index is 0.00708. The number of benzene rings is 2. The van der Waals surface area contributed by atoms with Crippen LogP contribution in [-0.4, -0.2) is 83.8 Å². The molecule has 188 valence electrons. The average molecular weight is 496 g/mol. The molecule has 0 aromatic heterocycles. The molecule has 3 amide bonds. The van der Waals surface area contributed by atoms with Crippen molar-refractivity contribution in [1.82, 2.24) is 9.80 Å². The Morgan fingerprint density at radius 2 is 1.81 bits per heavy atom. The fraction of sp³-hybridized carbons (Fsp3) is 0.423. The molecule has 6 rings (SSSR count). The van der Waals surface area contributed by atoms with Crippen LogP contribution in [0.3, 0.4) is 0 Å². The van der Waals surface area contributed by atoms with Crippen LogP contribution in [0.25, 0.3) is 0 Å². The molecule has 1 spiro atoms. The number of rotatable bonds is 3. The van der Waals surface area contributed by atoms with Crippen molar-refractivity contribution in [2.75, 3.05) is 38.1 Å². The van der Waals surface area contributed by atoms with Crippen LogP contribution in [-0.2, 0) is 19.8 Å².